The Morgan fingerprint density at radius 1 is 1.06 bits per heavy atom. The maximum Gasteiger partial charge on any atom is 0.204 e. The average molecular weight is 378 g/mol. The molecule has 0 N–H and O–H groups in total. The third kappa shape index (κ3) is 2.37. The van der Waals surface area contributed by atoms with Gasteiger partial charge in [-0.25, -0.2) is 4.98 Å². The number of ether oxygens (including phenoxy) is 3. The van der Waals surface area contributed by atoms with Crippen molar-refractivity contribution in [2.24, 2.45) is 0 Å². The van der Waals surface area contributed by atoms with Gasteiger partial charge in [0.1, 0.15) is 5.01 Å². The van der Waals surface area contributed by atoms with E-state index in [2.05, 4.69) is 31.9 Å². The number of hydrogen-bond donors (Lipinski definition) is 0. The standard InChI is InChI=1S/C11H11IN2O3S/c1-15-7-5-4-6(8(16-2)9(7)17-3)10-13-11(12)14-18-10/h4-5H,1-3H3. The first-order valence-corrected chi connectivity index (χ1v) is 6.85. The van der Waals surface area contributed by atoms with E-state index in [1.165, 1.54) is 11.5 Å². The molecule has 0 aliphatic rings. The fourth-order valence-corrected chi connectivity index (χ4v) is 2.87. The molecule has 0 aliphatic heterocycles. The molecule has 96 valence electrons. The molecule has 2 aromatic rings. The van der Waals surface area contributed by atoms with Crippen molar-refractivity contribution in [1.29, 1.82) is 0 Å². The van der Waals surface area contributed by atoms with Crippen LogP contribution < -0.4 is 14.2 Å². The molecule has 0 radical (unpaired) electrons. The molecule has 0 aliphatic carbocycles. The van der Waals surface area contributed by atoms with Crippen LogP contribution >= 0.6 is 34.1 Å². The molecule has 0 saturated carbocycles. The van der Waals surface area contributed by atoms with Gasteiger partial charge in [0.05, 0.1) is 26.9 Å². The zero-order valence-electron chi connectivity index (χ0n) is 10.1. The maximum absolute atomic E-state index is 5.40. The molecule has 18 heavy (non-hydrogen) atoms. The molecule has 2 rings (SSSR count). The number of aromatic nitrogens is 2. The number of nitrogens with zero attached hydrogens (tertiary/aromatic N) is 2. The van der Waals surface area contributed by atoms with Gasteiger partial charge in [-0.2, -0.15) is 4.37 Å². The summed E-state index contributed by atoms with van der Waals surface area (Å²) in [6, 6.07) is 3.71. The van der Waals surface area contributed by atoms with Gasteiger partial charge in [0.15, 0.2) is 11.5 Å². The summed E-state index contributed by atoms with van der Waals surface area (Å²) in [5, 5.41) is 0.789. The number of halogens is 1. The van der Waals surface area contributed by atoms with Gasteiger partial charge in [-0.05, 0) is 23.7 Å². The van der Waals surface area contributed by atoms with Gasteiger partial charge in [-0.3, -0.25) is 0 Å². The predicted octanol–water partition coefficient (Wildman–Crippen LogP) is 2.84. The molecule has 0 spiro atoms. The summed E-state index contributed by atoms with van der Waals surface area (Å²) in [6.07, 6.45) is 0. The second kappa shape index (κ2) is 5.70. The second-order valence-electron chi connectivity index (χ2n) is 3.25. The van der Waals surface area contributed by atoms with Crippen molar-refractivity contribution >= 4 is 34.1 Å². The smallest absolute Gasteiger partial charge is 0.204 e. The van der Waals surface area contributed by atoms with Crippen molar-refractivity contribution in [2.45, 2.75) is 0 Å². The summed E-state index contributed by atoms with van der Waals surface area (Å²) < 4.78 is 20.8. The van der Waals surface area contributed by atoms with Gasteiger partial charge in [0.25, 0.3) is 0 Å². The minimum Gasteiger partial charge on any atom is -0.493 e. The molecule has 7 heteroatoms. The number of rotatable bonds is 4. The van der Waals surface area contributed by atoms with Crippen LogP contribution in [0, 0.1) is 3.83 Å². The Labute approximate surface area is 122 Å². The Morgan fingerprint density at radius 3 is 2.28 bits per heavy atom. The van der Waals surface area contributed by atoms with Gasteiger partial charge in [0, 0.05) is 22.6 Å². The third-order valence-corrected chi connectivity index (χ3v) is 3.89. The van der Waals surface area contributed by atoms with E-state index in [1.807, 2.05) is 12.1 Å². The zero-order chi connectivity index (χ0) is 13.1. The molecule has 0 fully saturated rings. The first kappa shape index (κ1) is 13.3. The van der Waals surface area contributed by atoms with Crippen LogP contribution in [0.15, 0.2) is 12.1 Å². The van der Waals surface area contributed by atoms with Crippen LogP contribution in [0.2, 0.25) is 0 Å². The minimum atomic E-state index is 0.558. The van der Waals surface area contributed by atoms with Gasteiger partial charge in [-0.1, -0.05) is 0 Å². The molecule has 0 amide bonds. The highest BCUT2D eigenvalue weighted by Gasteiger charge is 2.19. The highest BCUT2D eigenvalue weighted by Crippen LogP contribution is 2.44. The Kier molecular flexibility index (Phi) is 4.23. The minimum absolute atomic E-state index is 0.558. The van der Waals surface area contributed by atoms with E-state index >= 15 is 0 Å². The molecule has 0 saturated heterocycles. The van der Waals surface area contributed by atoms with Crippen molar-refractivity contribution in [3.63, 3.8) is 0 Å². The van der Waals surface area contributed by atoms with Crippen molar-refractivity contribution in [3.8, 4) is 27.8 Å². The molecule has 5 nitrogen and oxygen atoms in total. The lowest BCUT2D eigenvalue weighted by molar-refractivity contribution is 0.325. The van der Waals surface area contributed by atoms with Crippen LogP contribution in [0.25, 0.3) is 10.6 Å². The van der Waals surface area contributed by atoms with E-state index in [0.29, 0.717) is 21.1 Å². The van der Waals surface area contributed by atoms with Crippen LogP contribution in [-0.4, -0.2) is 30.7 Å². The molecule has 1 heterocycles. The molecule has 1 aromatic carbocycles. The lowest BCUT2D eigenvalue weighted by Crippen LogP contribution is -1.96. The van der Waals surface area contributed by atoms with Gasteiger partial charge >= 0.3 is 0 Å². The van der Waals surface area contributed by atoms with Crippen LogP contribution in [0.3, 0.4) is 0 Å². The number of hydrogen-bond acceptors (Lipinski definition) is 6. The zero-order valence-corrected chi connectivity index (χ0v) is 13.0. The van der Waals surface area contributed by atoms with Crippen molar-refractivity contribution in [1.82, 2.24) is 9.36 Å². The van der Waals surface area contributed by atoms with Gasteiger partial charge < -0.3 is 14.2 Å². The van der Waals surface area contributed by atoms with Crippen LogP contribution in [0.4, 0.5) is 0 Å². The Hall–Kier alpha value is -1.09. The van der Waals surface area contributed by atoms with Crippen LogP contribution in [-0.2, 0) is 0 Å². The monoisotopic (exact) mass is 378 g/mol. The van der Waals surface area contributed by atoms with E-state index in [-0.39, 0.29) is 0 Å². The predicted molar refractivity (Wildman–Crippen MR) is 77.7 cm³/mol. The summed E-state index contributed by atoms with van der Waals surface area (Å²) in [5.41, 5.74) is 0.843. The van der Waals surface area contributed by atoms with Crippen molar-refractivity contribution < 1.29 is 14.2 Å². The third-order valence-electron chi connectivity index (χ3n) is 2.34. The Bertz CT molecular complexity index is 559. The first-order valence-electron chi connectivity index (χ1n) is 4.99. The van der Waals surface area contributed by atoms with Gasteiger partial charge in [0.2, 0.25) is 9.58 Å². The summed E-state index contributed by atoms with van der Waals surface area (Å²) in [6.45, 7) is 0. The average Bonchev–Trinajstić information content (AvgIpc) is 2.83. The van der Waals surface area contributed by atoms with E-state index in [0.717, 1.165) is 10.6 Å². The normalized spacial score (nSPS) is 10.2. The SMILES string of the molecule is COc1ccc(-c2nc(I)ns2)c(OC)c1OC. The highest BCUT2D eigenvalue weighted by molar-refractivity contribution is 14.1. The number of methoxy groups -OCH3 is 3. The fraction of sp³-hybridized carbons (Fsp3) is 0.273. The topological polar surface area (TPSA) is 53.5 Å². The molecule has 0 bridgehead atoms. The number of benzene rings is 1. The second-order valence-corrected chi connectivity index (χ2v) is 4.97. The van der Waals surface area contributed by atoms with Crippen molar-refractivity contribution in [3.05, 3.63) is 16.0 Å². The Balaban J connectivity index is 2.61. The highest BCUT2D eigenvalue weighted by atomic mass is 127. The van der Waals surface area contributed by atoms with Crippen LogP contribution in [0.1, 0.15) is 0 Å². The fourth-order valence-electron chi connectivity index (χ4n) is 1.58. The van der Waals surface area contributed by atoms with E-state index in [4.69, 9.17) is 14.2 Å². The molecule has 1 aromatic heterocycles. The lowest BCUT2D eigenvalue weighted by Gasteiger charge is -2.14. The summed E-state index contributed by atoms with van der Waals surface area (Å²) >= 11 is 3.39. The maximum atomic E-state index is 5.40. The molecular weight excluding hydrogens is 367 g/mol. The first-order chi connectivity index (χ1) is 8.71. The largest absolute Gasteiger partial charge is 0.493 e. The molecule has 0 atom stereocenters. The summed E-state index contributed by atoms with van der Waals surface area (Å²) in [4.78, 5) is 4.34. The quantitative estimate of drug-likeness (QED) is 0.766. The van der Waals surface area contributed by atoms with E-state index in [9.17, 15) is 0 Å². The Morgan fingerprint density at radius 2 is 1.78 bits per heavy atom. The van der Waals surface area contributed by atoms with E-state index in [1.54, 1.807) is 21.3 Å². The van der Waals surface area contributed by atoms with Gasteiger partial charge in [-0.15, -0.1) is 0 Å². The molecule has 0 unspecified atom stereocenters. The van der Waals surface area contributed by atoms with Crippen LogP contribution in [0.5, 0.6) is 17.2 Å². The van der Waals surface area contributed by atoms with E-state index < -0.39 is 0 Å². The molecular formula is C11H11IN2O3S. The lowest BCUT2D eigenvalue weighted by atomic mass is 10.2. The van der Waals surface area contributed by atoms with Crippen molar-refractivity contribution in [2.75, 3.05) is 21.3 Å². The summed E-state index contributed by atoms with van der Waals surface area (Å²) in [5.74, 6) is 1.78. The summed E-state index contributed by atoms with van der Waals surface area (Å²) in [7, 11) is 4.76.